The van der Waals surface area contributed by atoms with Crippen LogP contribution in [0.1, 0.15) is 50.5 Å². The van der Waals surface area contributed by atoms with Crippen molar-refractivity contribution < 1.29 is 4.74 Å². The first kappa shape index (κ1) is 31.8. The van der Waals surface area contributed by atoms with E-state index in [-0.39, 0.29) is 12.1 Å². The maximum Gasteiger partial charge on any atom is 0.127 e. The van der Waals surface area contributed by atoms with Gasteiger partial charge in [0.25, 0.3) is 0 Å². The summed E-state index contributed by atoms with van der Waals surface area (Å²) in [6.45, 7) is 0. The molecule has 0 radical (unpaired) electrons. The molecule has 0 amide bonds. The van der Waals surface area contributed by atoms with Crippen LogP contribution < -0.4 is 10.4 Å². The Balaban J connectivity index is 0.944. The predicted molar refractivity (Wildman–Crippen MR) is 219 cm³/mol. The number of rotatable bonds is 5. The second-order valence-electron chi connectivity index (χ2n) is 15.9. The minimum Gasteiger partial charge on any atom is -0.485 e. The third-order valence-electron chi connectivity index (χ3n) is 13.0. The molecule has 2 heterocycles. The van der Waals surface area contributed by atoms with Crippen LogP contribution in [0, 0.1) is 23.7 Å². The first-order valence-electron chi connectivity index (χ1n) is 19.9. The van der Waals surface area contributed by atoms with E-state index in [4.69, 9.17) is 4.74 Å². The summed E-state index contributed by atoms with van der Waals surface area (Å²) in [6, 6.07) is 18.5. The van der Waals surface area contributed by atoms with Crippen molar-refractivity contribution in [2.75, 3.05) is 0 Å². The van der Waals surface area contributed by atoms with Crippen molar-refractivity contribution in [1.82, 2.24) is 4.90 Å². The highest BCUT2D eigenvalue weighted by molar-refractivity contribution is 8.01. The van der Waals surface area contributed by atoms with Gasteiger partial charge in [-0.2, -0.15) is 0 Å². The molecular formula is C50H45NOS. The van der Waals surface area contributed by atoms with Gasteiger partial charge in [-0.15, -0.1) is 11.8 Å². The van der Waals surface area contributed by atoms with Gasteiger partial charge in [-0.25, -0.2) is 0 Å². The third-order valence-corrected chi connectivity index (χ3v) is 14.4. The van der Waals surface area contributed by atoms with Crippen LogP contribution in [0.3, 0.4) is 0 Å². The lowest BCUT2D eigenvalue weighted by molar-refractivity contribution is 0.167. The molecule has 0 bridgehead atoms. The highest BCUT2D eigenvalue weighted by atomic mass is 32.2. The Hall–Kier alpha value is -4.73. The Morgan fingerprint density at radius 2 is 1.68 bits per heavy atom. The van der Waals surface area contributed by atoms with E-state index in [0.29, 0.717) is 28.9 Å². The molecule has 0 spiro atoms. The van der Waals surface area contributed by atoms with Crippen LogP contribution in [0.5, 0.6) is 0 Å². The maximum atomic E-state index is 6.74. The highest BCUT2D eigenvalue weighted by Crippen LogP contribution is 2.51. The van der Waals surface area contributed by atoms with Gasteiger partial charge in [0.05, 0.1) is 11.3 Å². The SMILES string of the molecule is C1=CCC(C2=CCCC3=C2OC2C=CC(C4C=CC(N(C5=c6ccccc6=C6C=CCCC6C5)C5C=CC=C6c7ccccc7SC65)=CC4)=CC32)C=C1. The molecule has 0 N–H and O–H groups in total. The van der Waals surface area contributed by atoms with Gasteiger partial charge < -0.3 is 9.64 Å². The molecule has 9 aliphatic rings. The van der Waals surface area contributed by atoms with E-state index in [2.05, 4.69) is 162 Å². The van der Waals surface area contributed by atoms with Gasteiger partial charge in [-0.05, 0) is 108 Å². The molecule has 2 aromatic rings. The molecule has 0 aromatic heterocycles. The molecule has 7 atom stereocenters. The van der Waals surface area contributed by atoms with Gasteiger partial charge in [-0.3, -0.25) is 0 Å². The number of fused-ring (bicyclic) bond motifs is 7. The lowest BCUT2D eigenvalue weighted by Gasteiger charge is -2.42. The lowest BCUT2D eigenvalue weighted by Crippen LogP contribution is -2.46. The Morgan fingerprint density at radius 3 is 2.58 bits per heavy atom. The van der Waals surface area contributed by atoms with E-state index in [0.717, 1.165) is 32.1 Å². The molecule has 2 aliphatic heterocycles. The largest absolute Gasteiger partial charge is 0.485 e. The summed E-state index contributed by atoms with van der Waals surface area (Å²) in [4.78, 5) is 4.17. The topological polar surface area (TPSA) is 12.5 Å². The van der Waals surface area contributed by atoms with E-state index in [9.17, 15) is 0 Å². The number of hydrogen-bond acceptors (Lipinski definition) is 3. The summed E-state index contributed by atoms with van der Waals surface area (Å²) < 4.78 is 6.74. The summed E-state index contributed by atoms with van der Waals surface area (Å²) in [6.07, 6.45) is 46.1. The van der Waals surface area contributed by atoms with Crippen molar-refractivity contribution in [3.05, 3.63) is 190 Å². The first-order chi connectivity index (χ1) is 26.3. The smallest absolute Gasteiger partial charge is 0.127 e. The van der Waals surface area contributed by atoms with Crippen LogP contribution in [0.2, 0.25) is 0 Å². The second-order valence-corrected chi connectivity index (χ2v) is 17.1. The Bertz CT molecular complexity index is 2380. The molecular weight excluding hydrogens is 663 g/mol. The van der Waals surface area contributed by atoms with Crippen LogP contribution in [0.4, 0.5) is 0 Å². The van der Waals surface area contributed by atoms with Gasteiger partial charge in [0.2, 0.25) is 0 Å². The molecule has 7 aliphatic carbocycles. The molecule has 11 rings (SSSR count). The number of thioether (sulfide) groups is 1. The average molecular weight is 708 g/mol. The Kier molecular flexibility index (Phi) is 7.78. The van der Waals surface area contributed by atoms with E-state index in [1.54, 1.807) is 0 Å². The van der Waals surface area contributed by atoms with E-state index in [1.165, 1.54) is 78.8 Å². The average Bonchev–Trinajstić information content (AvgIpc) is 3.80. The molecule has 7 unspecified atom stereocenters. The molecule has 0 saturated heterocycles. The van der Waals surface area contributed by atoms with Crippen LogP contribution >= 0.6 is 11.8 Å². The van der Waals surface area contributed by atoms with Gasteiger partial charge in [0.1, 0.15) is 11.9 Å². The quantitative estimate of drug-likeness (QED) is 0.307. The number of benzene rings is 2. The molecule has 2 nitrogen and oxygen atoms in total. The summed E-state index contributed by atoms with van der Waals surface area (Å²) in [5, 5.41) is 3.18. The van der Waals surface area contributed by atoms with Crippen molar-refractivity contribution in [3.63, 3.8) is 0 Å². The molecule has 0 saturated carbocycles. The number of hydrogen-bond donors (Lipinski definition) is 0. The zero-order chi connectivity index (χ0) is 34.9. The summed E-state index contributed by atoms with van der Waals surface area (Å²) in [5.74, 6) is 2.89. The number of nitrogens with zero attached hydrogens (tertiary/aromatic N) is 1. The Labute approximate surface area is 317 Å². The first-order valence-corrected chi connectivity index (χ1v) is 20.8. The monoisotopic (exact) mass is 707 g/mol. The third kappa shape index (κ3) is 5.29. The van der Waals surface area contributed by atoms with Gasteiger partial charge in [-0.1, -0.05) is 128 Å². The number of allylic oxidation sites excluding steroid dienone is 15. The standard InChI is InChI=1S/C50H45NOS/c1-2-12-33(13-3-1)38-19-10-20-42-44-30-34(26-29-47(44)52-49(38)42)32-24-27-36(28-25-32)51(45-22-11-21-43-41-18-8-9-23-48(41)53-50(43)45)46-31-35-14-4-5-15-37(35)39-16-6-7-17-40(39)46/h1-3,5-9,11-12,15-19,21-24,26-30,32-33,35,44-45,47,50H,4,10,13-14,20,25,31H2. The number of ether oxygens (including phenoxy) is 1. The van der Waals surface area contributed by atoms with Crippen molar-refractivity contribution in [2.45, 2.75) is 67.2 Å². The van der Waals surface area contributed by atoms with Gasteiger partial charge >= 0.3 is 0 Å². The van der Waals surface area contributed by atoms with Gasteiger partial charge in [0, 0.05) is 39.3 Å². The minimum absolute atomic E-state index is 0.120. The highest BCUT2D eigenvalue weighted by Gasteiger charge is 2.42. The van der Waals surface area contributed by atoms with Crippen LogP contribution in [-0.4, -0.2) is 22.3 Å². The molecule has 53 heavy (non-hydrogen) atoms. The van der Waals surface area contributed by atoms with Crippen LogP contribution in [0.15, 0.2) is 179 Å². The molecule has 3 heteroatoms. The summed E-state index contributed by atoms with van der Waals surface area (Å²) in [5.41, 5.74) is 11.6. The zero-order valence-corrected chi connectivity index (χ0v) is 30.9. The van der Waals surface area contributed by atoms with E-state index in [1.807, 2.05) is 0 Å². The van der Waals surface area contributed by atoms with Crippen LogP contribution in [-0.2, 0) is 4.74 Å². The molecule has 262 valence electrons. The minimum atomic E-state index is 0.120. The second kappa shape index (κ2) is 13.0. The van der Waals surface area contributed by atoms with E-state index >= 15 is 0 Å². The Morgan fingerprint density at radius 1 is 0.755 bits per heavy atom. The van der Waals surface area contributed by atoms with E-state index < -0.39 is 0 Å². The summed E-state index contributed by atoms with van der Waals surface area (Å²) in [7, 11) is 0. The molecule has 0 fully saturated rings. The fourth-order valence-corrected chi connectivity index (χ4v) is 11.9. The van der Waals surface area contributed by atoms with Gasteiger partial charge in [0.15, 0.2) is 0 Å². The van der Waals surface area contributed by atoms with Crippen molar-refractivity contribution in [3.8, 4) is 0 Å². The van der Waals surface area contributed by atoms with Crippen molar-refractivity contribution >= 4 is 28.6 Å². The van der Waals surface area contributed by atoms with Crippen molar-refractivity contribution in [1.29, 1.82) is 0 Å². The van der Waals surface area contributed by atoms with Crippen molar-refractivity contribution in [2.24, 2.45) is 23.7 Å². The predicted octanol–water partition coefficient (Wildman–Crippen LogP) is 10.2. The molecule has 2 aromatic carbocycles. The lowest BCUT2D eigenvalue weighted by atomic mass is 9.78. The normalized spacial score (nSPS) is 31.4. The maximum absolute atomic E-state index is 6.74. The van der Waals surface area contributed by atoms with Crippen LogP contribution in [0.25, 0.3) is 16.8 Å². The fourth-order valence-electron chi connectivity index (χ4n) is 10.5. The fraction of sp³-hybridized carbons (Fsp3) is 0.280. The zero-order valence-electron chi connectivity index (χ0n) is 30.1. The summed E-state index contributed by atoms with van der Waals surface area (Å²) >= 11 is 2.05.